The lowest BCUT2D eigenvalue weighted by Gasteiger charge is -2.36. The third-order valence-electron chi connectivity index (χ3n) is 6.02. The van der Waals surface area contributed by atoms with Crippen molar-refractivity contribution in [2.24, 2.45) is 5.92 Å². The molecule has 1 saturated heterocycles. The van der Waals surface area contributed by atoms with E-state index < -0.39 is 11.9 Å². The number of piperidine rings is 1. The Bertz CT molecular complexity index is 1130. The summed E-state index contributed by atoms with van der Waals surface area (Å²) in [7, 11) is 0. The zero-order chi connectivity index (χ0) is 23.9. The van der Waals surface area contributed by atoms with E-state index in [0.29, 0.717) is 37.3 Å². The number of rotatable bonds is 7. The molecule has 1 aromatic heterocycles. The van der Waals surface area contributed by atoms with Crippen molar-refractivity contribution in [1.82, 2.24) is 15.5 Å². The second kappa shape index (κ2) is 10.8. The Morgan fingerprint density at radius 2 is 1.68 bits per heavy atom. The molecule has 1 fully saturated rings. The Labute approximate surface area is 196 Å². The normalized spacial score (nSPS) is 14.9. The summed E-state index contributed by atoms with van der Waals surface area (Å²) < 4.78 is 19.3. The van der Waals surface area contributed by atoms with Crippen LogP contribution in [-0.2, 0) is 11.3 Å². The highest BCUT2D eigenvalue weighted by molar-refractivity contribution is 5.97. The summed E-state index contributed by atoms with van der Waals surface area (Å²) in [5, 5.41) is 5.70. The zero-order valence-corrected chi connectivity index (χ0v) is 18.6. The van der Waals surface area contributed by atoms with Gasteiger partial charge >= 0.3 is 0 Å². The Morgan fingerprint density at radius 1 is 0.971 bits per heavy atom. The number of hydrogen-bond donors (Lipinski definition) is 2. The molecule has 2 aromatic carbocycles. The van der Waals surface area contributed by atoms with Crippen molar-refractivity contribution in [1.29, 1.82) is 0 Å². The van der Waals surface area contributed by atoms with Crippen LogP contribution in [0.2, 0.25) is 0 Å². The third-order valence-corrected chi connectivity index (χ3v) is 6.02. The van der Waals surface area contributed by atoms with Crippen LogP contribution >= 0.6 is 0 Å². The van der Waals surface area contributed by atoms with E-state index in [9.17, 15) is 18.8 Å². The molecule has 3 amide bonds. The van der Waals surface area contributed by atoms with Gasteiger partial charge in [0.2, 0.25) is 5.91 Å². The maximum absolute atomic E-state index is 14.1. The number of nitrogens with zero attached hydrogens (tertiary/aromatic N) is 1. The van der Waals surface area contributed by atoms with E-state index in [1.165, 1.54) is 18.4 Å². The fourth-order valence-corrected chi connectivity index (χ4v) is 4.15. The molecule has 0 bridgehead atoms. The van der Waals surface area contributed by atoms with Crippen LogP contribution in [0.1, 0.15) is 39.3 Å². The molecule has 2 N–H and O–H groups in total. The van der Waals surface area contributed by atoms with Gasteiger partial charge in [-0.2, -0.15) is 0 Å². The summed E-state index contributed by atoms with van der Waals surface area (Å²) in [5.74, 6) is -1.17. The largest absolute Gasteiger partial charge is 0.467 e. The molecule has 8 heteroatoms. The summed E-state index contributed by atoms with van der Waals surface area (Å²) >= 11 is 0. The highest BCUT2D eigenvalue weighted by Gasteiger charge is 2.34. The third kappa shape index (κ3) is 5.51. The van der Waals surface area contributed by atoms with Crippen LogP contribution in [0.5, 0.6) is 0 Å². The molecule has 4 rings (SSSR count). The van der Waals surface area contributed by atoms with E-state index >= 15 is 0 Å². The van der Waals surface area contributed by atoms with Gasteiger partial charge in [-0.1, -0.05) is 30.3 Å². The summed E-state index contributed by atoms with van der Waals surface area (Å²) in [6.45, 7) is 0.927. The van der Waals surface area contributed by atoms with Crippen LogP contribution in [-0.4, -0.2) is 41.8 Å². The lowest BCUT2D eigenvalue weighted by Crippen LogP contribution is -2.53. The summed E-state index contributed by atoms with van der Waals surface area (Å²) in [5.41, 5.74) is 0.490. The topological polar surface area (TPSA) is 91.7 Å². The van der Waals surface area contributed by atoms with Crippen molar-refractivity contribution in [3.8, 4) is 0 Å². The van der Waals surface area contributed by atoms with Gasteiger partial charge in [-0.05, 0) is 55.2 Å². The van der Waals surface area contributed by atoms with E-state index in [2.05, 4.69) is 10.6 Å². The summed E-state index contributed by atoms with van der Waals surface area (Å²) in [6, 6.07) is 17.3. The summed E-state index contributed by atoms with van der Waals surface area (Å²) in [6.07, 6.45) is 2.51. The van der Waals surface area contributed by atoms with Crippen molar-refractivity contribution in [2.45, 2.75) is 25.4 Å². The molecular formula is C26H26FN3O4. The van der Waals surface area contributed by atoms with Gasteiger partial charge in [0.15, 0.2) is 0 Å². The van der Waals surface area contributed by atoms with Crippen LogP contribution in [0.25, 0.3) is 0 Å². The number of nitrogens with one attached hydrogen (secondary N) is 2. The molecule has 3 aromatic rings. The second-order valence-electron chi connectivity index (χ2n) is 8.22. The molecule has 0 saturated carbocycles. The minimum Gasteiger partial charge on any atom is -0.467 e. The lowest BCUT2D eigenvalue weighted by molar-refractivity contribution is -0.124. The number of halogens is 1. The molecule has 1 aliphatic heterocycles. The second-order valence-corrected chi connectivity index (χ2v) is 8.22. The van der Waals surface area contributed by atoms with Gasteiger partial charge in [-0.25, -0.2) is 4.39 Å². The molecule has 7 nitrogen and oxygen atoms in total. The van der Waals surface area contributed by atoms with Gasteiger partial charge in [-0.3, -0.25) is 14.4 Å². The van der Waals surface area contributed by atoms with Gasteiger partial charge < -0.3 is 20.0 Å². The standard InChI is InChI=1S/C26H26FN3O4/c27-22-11-5-4-10-21(22)26(33)30-14-12-18(13-15-30)23(25(32)28-17-20-9-6-16-34-20)29-24(31)19-7-2-1-3-8-19/h1-11,16,18,23H,12-15,17H2,(H,28,32)(H,29,31)/t23-/m1/s1. The minimum absolute atomic E-state index is 0.0334. The first-order chi connectivity index (χ1) is 16.5. The molecule has 1 aliphatic rings. The number of hydrogen-bond acceptors (Lipinski definition) is 4. The molecule has 34 heavy (non-hydrogen) atoms. The first-order valence-electron chi connectivity index (χ1n) is 11.2. The minimum atomic E-state index is -0.784. The molecule has 0 spiro atoms. The first kappa shape index (κ1) is 23.2. The van der Waals surface area contributed by atoms with Crippen LogP contribution in [0.3, 0.4) is 0 Å². The maximum atomic E-state index is 14.1. The van der Waals surface area contributed by atoms with Crippen LogP contribution in [0.15, 0.2) is 77.4 Å². The molecule has 176 valence electrons. The maximum Gasteiger partial charge on any atom is 0.256 e. The van der Waals surface area contributed by atoms with Crippen LogP contribution in [0.4, 0.5) is 4.39 Å². The molecule has 0 radical (unpaired) electrons. The predicted molar refractivity (Wildman–Crippen MR) is 123 cm³/mol. The summed E-state index contributed by atoms with van der Waals surface area (Å²) in [4.78, 5) is 40.2. The molecular weight excluding hydrogens is 437 g/mol. The Hall–Kier alpha value is -3.94. The van der Waals surface area contributed by atoms with Gasteiger partial charge in [0.05, 0.1) is 18.4 Å². The number of likely N-dealkylation sites (tertiary alicyclic amines) is 1. The SMILES string of the molecule is O=C(N[C@@H](C(=O)NCc1ccco1)C1CCN(C(=O)c2ccccc2F)CC1)c1ccccc1. The Kier molecular flexibility index (Phi) is 7.37. The number of amides is 3. The fraction of sp³-hybridized carbons (Fsp3) is 0.269. The van der Waals surface area contributed by atoms with Crippen LogP contribution in [0, 0.1) is 11.7 Å². The van der Waals surface area contributed by atoms with Crippen LogP contribution < -0.4 is 10.6 Å². The fourth-order valence-electron chi connectivity index (χ4n) is 4.15. The van der Waals surface area contributed by atoms with E-state index in [1.807, 2.05) is 6.07 Å². The van der Waals surface area contributed by atoms with Crippen molar-refractivity contribution in [2.75, 3.05) is 13.1 Å². The Morgan fingerprint density at radius 3 is 2.35 bits per heavy atom. The van der Waals surface area contributed by atoms with Gasteiger partial charge in [0, 0.05) is 18.7 Å². The number of carbonyl (C=O) groups is 3. The average molecular weight is 464 g/mol. The van der Waals surface area contributed by atoms with Gasteiger partial charge in [-0.15, -0.1) is 0 Å². The van der Waals surface area contributed by atoms with Crippen molar-refractivity contribution < 1.29 is 23.2 Å². The first-order valence-corrected chi connectivity index (χ1v) is 11.2. The monoisotopic (exact) mass is 463 g/mol. The van der Waals surface area contributed by atoms with Gasteiger partial charge in [0.1, 0.15) is 17.6 Å². The number of furan rings is 1. The number of carbonyl (C=O) groups excluding carboxylic acids is 3. The average Bonchev–Trinajstić information content (AvgIpc) is 3.40. The van der Waals surface area contributed by atoms with E-state index in [1.54, 1.807) is 53.4 Å². The molecule has 2 heterocycles. The lowest BCUT2D eigenvalue weighted by atomic mass is 9.88. The zero-order valence-electron chi connectivity index (χ0n) is 18.6. The number of benzene rings is 2. The van der Waals surface area contributed by atoms with Crippen molar-refractivity contribution >= 4 is 17.7 Å². The molecule has 0 unspecified atom stereocenters. The van der Waals surface area contributed by atoms with Gasteiger partial charge in [0.25, 0.3) is 11.8 Å². The van der Waals surface area contributed by atoms with Crippen molar-refractivity contribution in [3.63, 3.8) is 0 Å². The molecule has 0 aliphatic carbocycles. The smallest absolute Gasteiger partial charge is 0.256 e. The highest BCUT2D eigenvalue weighted by Crippen LogP contribution is 2.24. The molecule has 1 atom stereocenters. The van der Waals surface area contributed by atoms with Crippen molar-refractivity contribution in [3.05, 3.63) is 95.7 Å². The Balaban J connectivity index is 1.44. The highest BCUT2D eigenvalue weighted by atomic mass is 19.1. The van der Waals surface area contributed by atoms with E-state index in [4.69, 9.17) is 4.42 Å². The predicted octanol–water partition coefficient (Wildman–Crippen LogP) is 3.39. The quantitative estimate of drug-likeness (QED) is 0.562. The van der Waals surface area contributed by atoms with E-state index in [0.717, 1.165) is 0 Å². The van der Waals surface area contributed by atoms with E-state index in [-0.39, 0.29) is 35.7 Å².